The van der Waals surface area contributed by atoms with Gasteiger partial charge in [-0.3, -0.25) is 0 Å². The van der Waals surface area contributed by atoms with Crippen molar-refractivity contribution >= 4 is 0 Å². The highest BCUT2D eigenvalue weighted by atomic mass is 16.5. The first kappa shape index (κ1) is 13.0. The Morgan fingerprint density at radius 2 is 1.88 bits per heavy atom. The second-order valence-electron chi connectivity index (χ2n) is 4.05. The fraction of sp³-hybridized carbons (Fsp3) is 0.500. The van der Waals surface area contributed by atoms with Gasteiger partial charge in [-0.2, -0.15) is 0 Å². The molecule has 5 N–H and O–H groups in total. The molecule has 0 bridgehead atoms. The normalized spacial score (nSPS) is 14.6. The quantitative estimate of drug-likeness (QED) is 0.700. The molecule has 0 aliphatic carbocycles. The van der Waals surface area contributed by atoms with E-state index in [2.05, 4.69) is 0 Å². The number of aliphatic hydroxyl groups is 1. The van der Waals surface area contributed by atoms with E-state index in [1.807, 2.05) is 26.0 Å². The van der Waals surface area contributed by atoms with Crippen LogP contribution in [0.3, 0.4) is 0 Å². The van der Waals surface area contributed by atoms with Crippen molar-refractivity contribution in [1.82, 2.24) is 0 Å². The van der Waals surface area contributed by atoms with Crippen molar-refractivity contribution in [1.29, 1.82) is 0 Å². The van der Waals surface area contributed by atoms with Crippen molar-refractivity contribution in [2.75, 3.05) is 13.7 Å². The van der Waals surface area contributed by atoms with E-state index >= 15 is 0 Å². The lowest BCUT2D eigenvalue weighted by Crippen LogP contribution is -2.37. The highest BCUT2D eigenvalue weighted by Crippen LogP contribution is 2.26. The van der Waals surface area contributed by atoms with E-state index in [9.17, 15) is 0 Å². The molecule has 16 heavy (non-hydrogen) atoms. The second kappa shape index (κ2) is 5.30. The Bertz CT molecular complexity index is 366. The van der Waals surface area contributed by atoms with Gasteiger partial charge in [-0.25, -0.2) is 0 Å². The van der Waals surface area contributed by atoms with Crippen molar-refractivity contribution in [3.05, 3.63) is 28.8 Å². The molecule has 2 unspecified atom stereocenters. The number of aryl methyl sites for hydroxylation is 2. The van der Waals surface area contributed by atoms with Crippen LogP contribution in [0.4, 0.5) is 0 Å². The molecule has 0 saturated heterocycles. The topological polar surface area (TPSA) is 81.5 Å². The number of aliphatic hydroxyl groups excluding tert-OH is 1. The van der Waals surface area contributed by atoms with E-state index in [0.29, 0.717) is 0 Å². The third kappa shape index (κ3) is 2.52. The molecule has 0 fully saturated rings. The van der Waals surface area contributed by atoms with Crippen LogP contribution in [0.15, 0.2) is 12.1 Å². The molecule has 0 amide bonds. The van der Waals surface area contributed by atoms with E-state index in [4.69, 9.17) is 21.3 Å². The van der Waals surface area contributed by atoms with Gasteiger partial charge in [-0.1, -0.05) is 6.07 Å². The van der Waals surface area contributed by atoms with Crippen LogP contribution >= 0.6 is 0 Å². The van der Waals surface area contributed by atoms with Crippen LogP contribution in [-0.4, -0.2) is 24.9 Å². The van der Waals surface area contributed by atoms with Crippen LogP contribution in [0.5, 0.6) is 5.75 Å². The Morgan fingerprint density at radius 3 is 2.38 bits per heavy atom. The predicted octanol–water partition coefficient (Wildman–Crippen LogP) is 0.631. The maximum Gasteiger partial charge on any atom is 0.122 e. The van der Waals surface area contributed by atoms with Gasteiger partial charge in [0.2, 0.25) is 0 Å². The van der Waals surface area contributed by atoms with Crippen molar-refractivity contribution in [3.8, 4) is 5.75 Å². The fourth-order valence-electron chi connectivity index (χ4n) is 1.74. The van der Waals surface area contributed by atoms with E-state index < -0.39 is 6.04 Å². The molecule has 4 heteroatoms. The molecule has 0 radical (unpaired) electrons. The number of hydrogen-bond acceptors (Lipinski definition) is 4. The largest absolute Gasteiger partial charge is 0.496 e. The van der Waals surface area contributed by atoms with Crippen LogP contribution in [0.2, 0.25) is 0 Å². The Hall–Kier alpha value is -1.10. The third-order valence-corrected chi connectivity index (χ3v) is 2.81. The minimum atomic E-state index is -0.438. The van der Waals surface area contributed by atoms with Gasteiger partial charge in [0.1, 0.15) is 5.75 Å². The molecular weight excluding hydrogens is 204 g/mol. The summed E-state index contributed by atoms with van der Waals surface area (Å²) in [6.07, 6.45) is 0. The summed E-state index contributed by atoms with van der Waals surface area (Å²) in [4.78, 5) is 0. The van der Waals surface area contributed by atoms with Crippen LogP contribution in [0, 0.1) is 13.8 Å². The summed E-state index contributed by atoms with van der Waals surface area (Å²) < 4.78 is 5.23. The van der Waals surface area contributed by atoms with Gasteiger partial charge in [0.05, 0.1) is 13.7 Å². The van der Waals surface area contributed by atoms with Crippen LogP contribution in [0.1, 0.15) is 22.7 Å². The molecule has 0 aromatic heterocycles. The molecular formula is C12H20N2O2. The Balaban J connectivity index is 3.10. The monoisotopic (exact) mass is 224 g/mol. The number of hydrogen-bond donors (Lipinski definition) is 3. The van der Waals surface area contributed by atoms with Crippen molar-refractivity contribution < 1.29 is 9.84 Å². The highest BCUT2D eigenvalue weighted by Gasteiger charge is 2.17. The lowest BCUT2D eigenvalue weighted by Gasteiger charge is -2.21. The highest BCUT2D eigenvalue weighted by molar-refractivity contribution is 5.43. The van der Waals surface area contributed by atoms with Gasteiger partial charge in [-0.05, 0) is 36.6 Å². The fourth-order valence-corrected chi connectivity index (χ4v) is 1.74. The summed E-state index contributed by atoms with van der Waals surface area (Å²) >= 11 is 0. The lowest BCUT2D eigenvalue weighted by atomic mass is 9.94. The molecule has 1 aromatic carbocycles. The average Bonchev–Trinajstić information content (AvgIpc) is 2.29. The Kier molecular flexibility index (Phi) is 4.29. The molecule has 0 aliphatic heterocycles. The molecule has 4 nitrogen and oxygen atoms in total. The number of nitrogens with two attached hydrogens (primary N) is 2. The molecule has 1 rings (SSSR count). The van der Waals surface area contributed by atoms with Crippen LogP contribution < -0.4 is 16.2 Å². The minimum absolute atomic E-state index is 0.119. The van der Waals surface area contributed by atoms with Crippen molar-refractivity contribution in [2.45, 2.75) is 25.9 Å². The van der Waals surface area contributed by atoms with Gasteiger partial charge in [0.25, 0.3) is 0 Å². The first-order valence-corrected chi connectivity index (χ1v) is 5.28. The Morgan fingerprint density at radius 1 is 1.25 bits per heavy atom. The standard InChI is InChI=1S/C12H20N2O2/c1-7-5-11(16-3)8(2)4-9(7)12(14)10(13)6-15/h4-5,10,12,15H,6,13-14H2,1-3H3. The summed E-state index contributed by atoms with van der Waals surface area (Å²) in [6.45, 7) is 3.80. The lowest BCUT2D eigenvalue weighted by molar-refractivity contribution is 0.249. The van der Waals surface area contributed by atoms with Gasteiger partial charge < -0.3 is 21.3 Å². The zero-order valence-corrected chi connectivity index (χ0v) is 10.0. The average molecular weight is 224 g/mol. The number of benzene rings is 1. The van der Waals surface area contributed by atoms with Crippen molar-refractivity contribution in [2.24, 2.45) is 11.5 Å². The molecule has 0 aliphatic rings. The first-order valence-electron chi connectivity index (χ1n) is 5.28. The van der Waals surface area contributed by atoms with Gasteiger partial charge in [0.15, 0.2) is 0 Å². The number of rotatable bonds is 4. The molecule has 90 valence electrons. The summed E-state index contributed by atoms with van der Waals surface area (Å²) in [7, 11) is 1.64. The molecule has 2 atom stereocenters. The SMILES string of the molecule is COc1cc(C)c(C(N)C(N)CO)cc1C. The predicted molar refractivity (Wildman–Crippen MR) is 64.5 cm³/mol. The van der Waals surface area contributed by atoms with Gasteiger partial charge in [-0.15, -0.1) is 0 Å². The first-order chi connectivity index (χ1) is 7.51. The number of ether oxygens (including phenoxy) is 1. The summed E-state index contributed by atoms with van der Waals surface area (Å²) in [5.74, 6) is 0.839. The molecule has 0 spiro atoms. The van der Waals surface area contributed by atoms with Gasteiger partial charge in [0, 0.05) is 12.1 Å². The molecule has 0 saturated carbocycles. The maximum atomic E-state index is 9.00. The smallest absolute Gasteiger partial charge is 0.122 e. The minimum Gasteiger partial charge on any atom is -0.496 e. The van der Waals surface area contributed by atoms with Gasteiger partial charge >= 0.3 is 0 Å². The summed E-state index contributed by atoms with van der Waals surface area (Å²) in [5.41, 5.74) is 14.7. The molecule has 0 heterocycles. The van der Waals surface area contributed by atoms with E-state index in [0.717, 1.165) is 22.4 Å². The summed E-state index contributed by atoms with van der Waals surface area (Å²) in [5, 5.41) is 9.00. The van der Waals surface area contributed by atoms with E-state index in [-0.39, 0.29) is 12.6 Å². The second-order valence-corrected chi connectivity index (χ2v) is 4.05. The molecule has 1 aromatic rings. The van der Waals surface area contributed by atoms with E-state index in [1.54, 1.807) is 7.11 Å². The van der Waals surface area contributed by atoms with Crippen LogP contribution in [-0.2, 0) is 0 Å². The number of methoxy groups -OCH3 is 1. The Labute approximate surface area is 96.2 Å². The summed E-state index contributed by atoms with van der Waals surface area (Å²) in [6, 6.07) is 3.12. The van der Waals surface area contributed by atoms with E-state index in [1.165, 1.54) is 0 Å². The third-order valence-electron chi connectivity index (χ3n) is 2.81. The van der Waals surface area contributed by atoms with Crippen LogP contribution in [0.25, 0.3) is 0 Å². The zero-order chi connectivity index (χ0) is 12.3. The maximum absolute atomic E-state index is 9.00. The van der Waals surface area contributed by atoms with Crippen molar-refractivity contribution in [3.63, 3.8) is 0 Å². The zero-order valence-electron chi connectivity index (χ0n) is 10.0.